The molecule has 54 valence electrons. The lowest BCUT2D eigenvalue weighted by atomic mass is 10.3. The van der Waals surface area contributed by atoms with E-state index in [0.717, 1.165) is 17.9 Å². The van der Waals surface area contributed by atoms with Gasteiger partial charge in [-0.05, 0) is 27.9 Å². The first kappa shape index (κ1) is 7.49. The van der Waals surface area contributed by atoms with Gasteiger partial charge in [-0.1, -0.05) is 13.0 Å². The monoisotopic (exact) mass is 154 g/mol. The summed E-state index contributed by atoms with van der Waals surface area (Å²) in [6.45, 7) is 2.09. The van der Waals surface area contributed by atoms with E-state index in [-0.39, 0.29) is 0 Å². The molecule has 10 heavy (non-hydrogen) atoms. The van der Waals surface area contributed by atoms with Crippen LogP contribution in [0, 0.1) is 0 Å². The third-order valence-electron chi connectivity index (χ3n) is 1.32. The lowest BCUT2D eigenvalue weighted by Crippen LogP contribution is -1.89. The molecule has 0 fully saturated rings. The number of rotatable bonds is 2. The van der Waals surface area contributed by atoms with Gasteiger partial charge < -0.3 is 5.09 Å². The van der Waals surface area contributed by atoms with E-state index in [1.807, 2.05) is 18.2 Å². The van der Waals surface area contributed by atoms with Crippen LogP contribution < -0.4 is 5.09 Å². The van der Waals surface area contributed by atoms with Crippen LogP contribution in [0.25, 0.3) is 0 Å². The van der Waals surface area contributed by atoms with Gasteiger partial charge in [-0.15, -0.1) is 0 Å². The lowest BCUT2D eigenvalue weighted by molar-refractivity contribution is 1.04. The number of pyridine rings is 1. The van der Waals surface area contributed by atoms with Crippen molar-refractivity contribution in [3.05, 3.63) is 23.9 Å². The van der Waals surface area contributed by atoms with Crippen molar-refractivity contribution in [3.8, 4) is 0 Å². The summed E-state index contributed by atoms with van der Waals surface area (Å²) in [4.78, 5) is 4.28. The molecule has 0 saturated heterocycles. The number of hydrogen-bond donors (Lipinski definition) is 1. The predicted octanol–water partition coefficient (Wildman–Crippen LogP) is 1.85. The van der Waals surface area contributed by atoms with Gasteiger partial charge >= 0.3 is 0 Å². The molecule has 0 amide bonds. The van der Waals surface area contributed by atoms with Crippen LogP contribution in [-0.4, -0.2) is 4.98 Å². The number of nitrogens with zero attached hydrogens (tertiary/aromatic N) is 1. The van der Waals surface area contributed by atoms with Gasteiger partial charge in [0.2, 0.25) is 0 Å². The van der Waals surface area contributed by atoms with Crippen molar-refractivity contribution in [3.63, 3.8) is 0 Å². The van der Waals surface area contributed by atoms with Gasteiger partial charge in [-0.25, -0.2) is 4.98 Å². The van der Waals surface area contributed by atoms with Crippen LogP contribution in [0.1, 0.15) is 12.6 Å². The zero-order valence-corrected chi connectivity index (χ0v) is 7.12. The van der Waals surface area contributed by atoms with E-state index in [0.29, 0.717) is 0 Å². The first-order valence-electron chi connectivity index (χ1n) is 3.29. The highest BCUT2D eigenvalue weighted by molar-refractivity contribution is 7.18. The highest BCUT2D eigenvalue weighted by Gasteiger charge is 1.90. The molecule has 0 aromatic carbocycles. The third kappa shape index (κ3) is 1.68. The number of nitrogens with one attached hydrogen (secondary N) is 1. The SMILES string of the molecule is CCc1cccc(NP)n1. The van der Waals surface area contributed by atoms with Gasteiger partial charge in [0.15, 0.2) is 0 Å². The molecular formula is C7H11N2P. The van der Waals surface area contributed by atoms with E-state index in [1.165, 1.54) is 0 Å². The Morgan fingerprint density at radius 2 is 2.40 bits per heavy atom. The van der Waals surface area contributed by atoms with Gasteiger partial charge in [-0.2, -0.15) is 0 Å². The molecule has 3 heteroatoms. The molecule has 0 aliphatic rings. The number of anilines is 1. The van der Waals surface area contributed by atoms with Crippen molar-refractivity contribution in [1.29, 1.82) is 0 Å². The minimum atomic E-state index is 0.907. The minimum absolute atomic E-state index is 0.907. The van der Waals surface area contributed by atoms with Crippen molar-refractivity contribution in [2.75, 3.05) is 5.09 Å². The molecular weight excluding hydrogens is 143 g/mol. The van der Waals surface area contributed by atoms with Crippen LogP contribution in [0.3, 0.4) is 0 Å². The Balaban J connectivity index is 2.87. The largest absolute Gasteiger partial charge is 0.355 e. The van der Waals surface area contributed by atoms with E-state index in [9.17, 15) is 0 Å². The second-order valence-corrected chi connectivity index (χ2v) is 2.30. The van der Waals surface area contributed by atoms with Crippen molar-refractivity contribution in [1.82, 2.24) is 4.98 Å². The molecule has 1 aromatic heterocycles. The fourth-order valence-corrected chi connectivity index (χ4v) is 0.918. The Bertz CT molecular complexity index is 193. The molecule has 1 aromatic rings. The van der Waals surface area contributed by atoms with Gasteiger partial charge in [-0.3, -0.25) is 0 Å². The summed E-state index contributed by atoms with van der Waals surface area (Å²) >= 11 is 0. The van der Waals surface area contributed by atoms with Crippen molar-refractivity contribution >= 4 is 15.2 Å². The molecule has 0 spiro atoms. The molecule has 0 saturated carbocycles. The Kier molecular flexibility index (Phi) is 2.64. The molecule has 1 N–H and O–H groups in total. The summed E-state index contributed by atoms with van der Waals surface area (Å²) in [5, 5.41) is 2.91. The Labute approximate surface area is 63.3 Å². The predicted molar refractivity (Wildman–Crippen MR) is 46.9 cm³/mol. The quantitative estimate of drug-likeness (QED) is 0.657. The average molecular weight is 154 g/mol. The molecule has 1 atom stereocenters. The minimum Gasteiger partial charge on any atom is -0.355 e. The summed E-state index contributed by atoms with van der Waals surface area (Å²) in [5.74, 6) is 0.907. The Morgan fingerprint density at radius 1 is 1.60 bits per heavy atom. The van der Waals surface area contributed by atoms with Crippen molar-refractivity contribution in [2.24, 2.45) is 0 Å². The molecule has 2 nitrogen and oxygen atoms in total. The van der Waals surface area contributed by atoms with Crippen molar-refractivity contribution in [2.45, 2.75) is 13.3 Å². The van der Waals surface area contributed by atoms with E-state index in [1.54, 1.807) is 0 Å². The summed E-state index contributed by atoms with van der Waals surface area (Å²) < 4.78 is 0. The van der Waals surface area contributed by atoms with Crippen LogP contribution >= 0.6 is 9.39 Å². The smallest absolute Gasteiger partial charge is 0.129 e. The van der Waals surface area contributed by atoms with Gasteiger partial charge in [0.1, 0.15) is 5.82 Å². The van der Waals surface area contributed by atoms with Gasteiger partial charge in [0.05, 0.1) is 0 Å². The van der Waals surface area contributed by atoms with Crippen LogP contribution in [0.4, 0.5) is 5.82 Å². The van der Waals surface area contributed by atoms with E-state index >= 15 is 0 Å². The fraction of sp³-hybridized carbons (Fsp3) is 0.286. The van der Waals surface area contributed by atoms with Crippen LogP contribution in [0.5, 0.6) is 0 Å². The second-order valence-electron chi connectivity index (χ2n) is 2.01. The molecule has 0 aliphatic heterocycles. The molecule has 1 unspecified atom stereocenters. The zero-order valence-electron chi connectivity index (χ0n) is 5.96. The summed E-state index contributed by atoms with van der Waals surface area (Å²) in [5.41, 5.74) is 1.12. The number of aromatic nitrogens is 1. The highest BCUT2D eigenvalue weighted by Crippen LogP contribution is 2.06. The van der Waals surface area contributed by atoms with Gasteiger partial charge in [0, 0.05) is 5.69 Å². The summed E-state index contributed by atoms with van der Waals surface area (Å²) in [6, 6.07) is 5.95. The molecule has 0 bridgehead atoms. The van der Waals surface area contributed by atoms with Crippen LogP contribution in [0.15, 0.2) is 18.2 Å². The topological polar surface area (TPSA) is 24.9 Å². The third-order valence-corrected chi connectivity index (χ3v) is 1.61. The first-order chi connectivity index (χ1) is 4.86. The standard InChI is InChI=1S/C7H11N2P/c1-2-6-4-3-5-7(8-6)9-10/h3-5H,2,10H2,1H3,(H,8,9). The van der Waals surface area contributed by atoms with Crippen LogP contribution in [-0.2, 0) is 6.42 Å². The lowest BCUT2D eigenvalue weighted by Gasteiger charge is -1.99. The number of aryl methyl sites for hydroxylation is 1. The maximum absolute atomic E-state index is 4.28. The Hall–Kier alpha value is -0.620. The maximum Gasteiger partial charge on any atom is 0.129 e. The normalized spacial score (nSPS) is 9.40. The first-order valence-corrected chi connectivity index (χ1v) is 3.87. The Morgan fingerprint density at radius 3 is 3.00 bits per heavy atom. The van der Waals surface area contributed by atoms with E-state index in [2.05, 4.69) is 26.4 Å². The average Bonchev–Trinajstić information content (AvgIpc) is 2.05. The van der Waals surface area contributed by atoms with Crippen molar-refractivity contribution < 1.29 is 0 Å². The molecule has 0 aliphatic carbocycles. The molecule has 0 radical (unpaired) electrons. The maximum atomic E-state index is 4.28. The van der Waals surface area contributed by atoms with E-state index < -0.39 is 0 Å². The van der Waals surface area contributed by atoms with Gasteiger partial charge in [0.25, 0.3) is 0 Å². The molecule has 1 heterocycles. The molecule has 1 rings (SSSR count). The van der Waals surface area contributed by atoms with E-state index in [4.69, 9.17) is 0 Å². The highest BCUT2D eigenvalue weighted by atomic mass is 31.0. The second kappa shape index (κ2) is 3.52. The summed E-state index contributed by atoms with van der Waals surface area (Å²) in [7, 11) is 2.42. The zero-order chi connectivity index (χ0) is 7.40. The summed E-state index contributed by atoms with van der Waals surface area (Å²) in [6.07, 6.45) is 0.986. The fourth-order valence-electron chi connectivity index (χ4n) is 0.757. The van der Waals surface area contributed by atoms with Crippen LogP contribution in [0.2, 0.25) is 0 Å². The number of hydrogen-bond acceptors (Lipinski definition) is 2.